The molecule has 9 nitrogen and oxygen atoms in total. The first-order chi connectivity index (χ1) is 7.96. The van der Waals surface area contributed by atoms with Crippen LogP contribution < -0.4 is 0 Å². The van der Waals surface area contributed by atoms with Crippen molar-refractivity contribution in [3.63, 3.8) is 0 Å². The van der Waals surface area contributed by atoms with Gasteiger partial charge in [0.1, 0.15) is 18.6 Å². The molecule has 0 radical (unpaired) electrons. The van der Waals surface area contributed by atoms with Gasteiger partial charge in [-0.2, -0.15) is 12.6 Å². The molecule has 0 rings (SSSR count). The number of carboxylic acids is 1. The molecule has 0 unspecified atom stereocenters. The number of rotatable bonds is 8. The van der Waals surface area contributed by atoms with E-state index in [0.29, 0.717) is 4.90 Å². The first-order valence-corrected chi connectivity index (χ1v) is 8.86. The fourth-order valence-electron chi connectivity index (χ4n) is 1.30. The summed E-state index contributed by atoms with van der Waals surface area (Å²) in [5, 5.41) is 8.89. The molecule has 0 saturated carbocycles. The molecule has 1 atom stereocenters. The number of aliphatic carboxylic acids is 1. The Morgan fingerprint density at radius 3 is 1.72 bits per heavy atom. The molecule has 0 saturated heterocycles. The van der Waals surface area contributed by atoms with Gasteiger partial charge in [-0.1, -0.05) is 0 Å². The van der Waals surface area contributed by atoms with Crippen molar-refractivity contribution in [1.29, 1.82) is 0 Å². The molecule has 0 aliphatic carbocycles. The van der Waals surface area contributed by atoms with Gasteiger partial charge >= 0.3 is 21.2 Å². The lowest BCUT2D eigenvalue weighted by molar-refractivity contribution is -0.142. The van der Waals surface area contributed by atoms with Crippen molar-refractivity contribution in [3.8, 4) is 0 Å². The average Bonchev–Trinajstić information content (AvgIpc) is 2.07. The second-order valence-corrected chi connectivity index (χ2v) is 7.24. The van der Waals surface area contributed by atoms with Gasteiger partial charge in [0.2, 0.25) is 0 Å². The molecule has 0 aliphatic heterocycles. The summed E-state index contributed by atoms with van der Waals surface area (Å²) in [5.41, 5.74) is 0. The summed E-state index contributed by atoms with van der Waals surface area (Å²) in [4.78, 5) is 46.6. The fourth-order valence-corrected chi connectivity index (χ4v) is 3.24. The maximum atomic E-state index is 10.9. The standard InChI is InChI=1S/C6H15NO8P2S/c8-6(9)5(1-2-18)7(3-16(10,11)12)4-17(13,14)15/h5,18H,1-4H2,(H,8,9)(H2,10,11,12)(H2,13,14,15)/t5-/m0/s1. The van der Waals surface area contributed by atoms with E-state index >= 15 is 0 Å². The van der Waals surface area contributed by atoms with E-state index in [1.165, 1.54) is 0 Å². The summed E-state index contributed by atoms with van der Waals surface area (Å²) in [6, 6.07) is -1.41. The molecule has 0 aromatic carbocycles. The van der Waals surface area contributed by atoms with E-state index in [-0.39, 0.29) is 12.2 Å². The van der Waals surface area contributed by atoms with E-state index in [2.05, 4.69) is 12.6 Å². The molecule has 0 aromatic heterocycles. The number of hydrogen-bond acceptors (Lipinski definition) is 5. The lowest BCUT2D eigenvalue weighted by atomic mass is 10.2. The zero-order chi connectivity index (χ0) is 14.6. The molecule has 0 aliphatic rings. The lowest BCUT2D eigenvalue weighted by Gasteiger charge is -2.28. The molecule has 0 amide bonds. The van der Waals surface area contributed by atoms with Crippen molar-refractivity contribution in [2.75, 3.05) is 18.3 Å². The molecule has 18 heavy (non-hydrogen) atoms. The Bertz CT molecular complexity index is 354. The summed E-state index contributed by atoms with van der Waals surface area (Å²) in [6.45, 7) is 0. The van der Waals surface area contributed by atoms with Gasteiger partial charge in [0, 0.05) is 0 Å². The van der Waals surface area contributed by atoms with Crippen molar-refractivity contribution < 1.29 is 38.6 Å². The lowest BCUT2D eigenvalue weighted by Crippen LogP contribution is -2.42. The Morgan fingerprint density at radius 1 is 1.11 bits per heavy atom. The van der Waals surface area contributed by atoms with Crippen molar-refractivity contribution in [2.24, 2.45) is 0 Å². The minimum atomic E-state index is -4.63. The van der Waals surface area contributed by atoms with Crippen LogP contribution >= 0.6 is 27.8 Å². The third kappa shape index (κ3) is 8.23. The maximum absolute atomic E-state index is 10.9. The molecule has 5 N–H and O–H groups in total. The Hall–Kier alpha value is 0.0800. The van der Waals surface area contributed by atoms with E-state index in [1.807, 2.05) is 0 Å². The molecular weight excluding hydrogens is 308 g/mol. The number of carboxylic acid groups (broad SMARTS) is 1. The highest BCUT2D eigenvalue weighted by Gasteiger charge is 2.34. The molecule has 0 fully saturated rings. The van der Waals surface area contributed by atoms with Crippen molar-refractivity contribution in [1.82, 2.24) is 4.90 Å². The van der Waals surface area contributed by atoms with Crippen molar-refractivity contribution in [3.05, 3.63) is 0 Å². The van der Waals surface area contributed by atoms with Crippen LogP contribution in [-0.2, 0) is 13.9 Å². The predicted octanol–water partition coefficient (Wildman–Crippen LogP) is -0.668. The fraction of sp³-hybridized carbons (Fsp3) is 0.833. The number of hydrogen-bond donors (Lipinski definition) is 6. The minimum absolute atomic E-state index is 0.0930. The van der Waals surface area contributed by atoms with Crippen LogP contribution in [-0.4, -0.2) is 59.9 Å². The summed E-state index contributed by atoms with van der Waals surface area (Å²) in [7, 11) is -9.26. The molecule has 12 heteroatoms. The zero-order valence-corrected chi connectivity index (χ0v) is 11.8. The molecule has 0 aromatic rings. The van der Waals surface area contributed by atoms with Crippen LogP contribution in [0.15, 0.2) is 0 Å². The SMILES string of the molecule is O=C(O)[C@H](CCS)N(CP(=O)(O)O)CP(=O)(O)O. The van der Waals surface area contributed by atoms with Crippen molar-refractivity contribution >= 4 is 33.8 Å². The summed E-state index contributed by atoms with van der Waals surface area (Å²) < 4.78 is 21.7. The first-order valence-electron chi connectivity index (χ1n) is 4.63. The normalized spacial score (nSPS) is 14.8. The second-order valence-electron chi connectivity index (χ2n) is 3.57. The molecular formula is C6H15NO8P2S. The Balaban J connectivity index is 5.09. The highest BCUT2D eigenvalue weighted by Crippen LogP contribution is 2.41. The topological polar surface area (TPSA) is 156 Å². The van der Waals surface area contributed by atoms with Gasteiger partial charge < -0.3 is 24.7 Å². The number of thiol groups is 1. The first kappa shape index (κ1) is 18.1. The van der Waals surface area contributed by atoms with Gasteiger partial charge in [-0.15, -0.1) is 0 Å². The maximum Gasteiger partial charge on any atom is 0.339 e. The van der Waals surface area contributed by atoms with E-state index in [1.54, 1.807) is 0 Å². The third-order valence-electron chi connectivity index (χ3n) is 1.86. The van der Waals surface area contributed by atoms with Gasteiger partial charge in [-0.25, -0.2) is 0 Å². The largest absolute Gasteiger partial charge is 0.480 e. The highest BCUT2D eigenvalue weighted by molar-refractivity contribution is 7.80. The van der Waals surface area contributed by atoms with Gasteiger partial charge in [0.25, 0.3) is 0 Å². The Labute approximate surface area is 109 Å². The third-order valence-corrected chi connectivity index (χ3v) is 3.58. The van der Waals surface area contributed by atoms with E-state index in [4.69, 9.17) is 24.7 Å². The minimum Gasteiger partial charge on any atom is -0.480 e. The molecule has 0 bridgehead atoms. The van der Waals surface area contributed by atoms with E-state index < -0.39 is 39.8 Å². The van der Waals surface area contributed by atoms with Crippen LogP contribution in [0.4, 0.5) is 0 Å². The molecule has 0 heterocycles. The van der Waals surface area contributed by atoms with Crippen LogP contribution in [0.2, 0.25) is 0 Å². The highest BCUT2D eigenvalue weighted by atomic mass is 32.1. The summed E-state index contributed by atoms with van der Waals surface area (Å²) in [6.07, 6.45) is -2.18. The second kappa shape index (κ2) is 7.02. The van der Waals surface area contributed by atoms with Crippen LogP contribution in [0.1, 0.15) is 6.42 Å². The van der Waals surface area contributed by atoms with Crippen molar-refractivity contribution in [2.45, 2.75) is 12.5 Å². The van der Waals surface area contributed by atoms with Gasteiger partial charge in [0.15, 0.2) is 0 Å². The van der Waals surface area contributed by atoms with Crippen LogP contribution in [0.25, 0.3) is 0 Å². The number of carbonyl (C=O) groups is 1. The summed E-state index contributed by atoms with van der Waals surface area (Å²) in [5.74, 6) is -1.33. The smallest absolute Gasteiger partial charge is 0.339 e. The summed E-state index contributed by atoms with van der Waals surface area (Å²) >= 11 is 3.79. The van der Waals surface area contributed by atoms with E-state index in [9.17, 15) is 13.9 Å². The van der Waals surface area contributed by atoms with Crippen LogP contribution in [0.3, 0.4) is 0 Å². The Morgan fingerprint density at radius 2 is 1.50 bits per heavy atom. The predicted molar refractivity (Wildman–Crippen MR) is 65.6 cm³/mol. The van der Waals surface area contributed by atoms with Crippen LogP contribution in [0.5, 0.6) is 0 Å². The molecule has 0 spiro atoms. The zero-order valence-electron chi connectivity index (χ0n) is 9.16. The van der Waals surface area contributed by atoms with Gasteiger partial charge in [-0.3, -0.25) is 18.8 Å². The Kier molecular flexibility index (Phi) is 7.05. The van der Waals surface area contributed by atoms with Gasteiger partial charge in [-0.05, 0) is 12.2 Å². The average molecular weight is 323 g/mol. The molecule has 108 valence electrons. The quantitative estimate of drug-likeness (QED) is 0.252. The van der Waals surface area contributed by atoms with E-state index in [0.717, 1.165) is 0 Å². The van der Waals surface area contributed by atoms with Gasteiger partial charge in [0.05, 0.1) is 0 Å². The van der Waals surface area contributed by atoms with Crippen LogP contribution in [0, 0.1) is 0 Å². The monoisotopic (exact) mass is 323 g/mol. The number of nitrogens with zero attached hydrogens (tertiary/aromatic N) is 1.